The number of benzene rings is 1. The van der Waals surface area contributed by atoms with Gasteiger partial charge in [-0.25, -0.2) is 13.6 Å². The second-order valence-electron chi connectivity index (χ2n) is 6.96. The largest absolute Gasteiger partial charge is 0.356 e. The van der Waals surface area contributed by atoms with Crippen LogP contribution in [0.25, 0.3) is 0 Å². The Labute approximate surface area is 186 Å². The molecule has 0 aliphatic carbocycles. The number of aliphatic imine (C=N–C) groups is 1. The van der Waals surface area contributed by atoms with Crippen LogP contribution in [0.2, 0.25) is 0 Å². The van der Waals surface area contributed by atoms with E-state index >= 15 is 0 Å². The molecule has 1 aliphatic heterocycles. The Morgan fingerprint density at radius 3 is 2.59 bits per heavy atom. The van der Waals surface area contributed by atoms with E-state index in [1.54, 1.807) is 20.9 Å². The number of carbonyl (C=O) groups is 2. The summed E-state index contributed by atoms with van der Waals surface area (Å²) in [6, 6.07) is 2.62. The molecular formula is C19H28F2IN5O2. The maximum absolute atomic E-state index is 13.9. The number of carbonyl (C=O) groups excluding carboxylic acids is 2. The molecule has 10 heteroatoms. The van der Waals surface area contributed by atoms with Crippen LogP contribution in [0.4, 0.5) is 13.6 Å². The van der Waals surface area contributed by atoms with E-state index in [4.69, 9.17) is 0 Å². The highest BCUT2D eigenvalue weighted by Crippen LogP contribution is 2.21. The van der Waals surface area contributed by atoms with Crippen molar-refractivity contribution >= 4 is 41.9 Å². The number of nitrogens with zero attached hydrogens (tertiary/aromatic N) is 2. The molecule has 0 spiro atoms. The van der Waals surface area contributed by atoms with Gasteiger partial charge in [-0.2, -0.15) is 0 Å². The topological polar surface area (TPSA) is 85.8 Å². The van der Waals surface area contributed by atoms with Gasteiger partial charge in [0.05, 0.1) is 6.04 Å². The van der Waals surface area contributed by atoms with Crippen LogP contribution in [0.15, 0.2) is 23.2 Å². The Bertz CT molecular complexity index is 777. The monoisotopic (exact) mass is 523 g/mol. The fraction of sp³-hybridized carbons (Fsp3) is 0.526. The molecule has 0 aromatic heterocycles. The van der Waals surface area contributed by atoms with Crippen molar-refractivity contribution in [3.8, 4) is 0 Å². The molecule has 2 rings (SSSR count). The number of halogens is 3. The van der Waals surface area contributed by atoms with Crippen molar-refractivity contribution in [3.63, 3.8) is 0 Å². The molecule has 1 aromatic rings. The lowest BCUT2D eigenvalue weighted by Crippen LogP contribution is -2.43. The van der Waals surface area contributed by atoms with E-state index in [1.807, 2.05) is 6.92 Å². The van der Waals surface area contributed by atoms with Gasteiger partial charge in [-0.15, -0.1) is 24.0 Å². The molecule has 1 fully saturated rings. The zero-order valence-electron chi connectivity index (χ0n) is 17.0. The molecule has 1 aliphatic rings. The fourth-order valence-electron chi connectivity index (χ4n) is 2.96. The third-order valence-corrected chi connectivity index (χ3v) is 4.91. The summed E-state index contributed by atoms with van der Waals surface area (Å²) in [6.07, 6.45) is 1.06. The van der Waals surface area contributed by atoms with Crippen LogP contribution in [-0.2, 0) is 4.79 Å². The van der Waals surface area contributed by atoms with Gasteiger partial charge in [0.25, 0.3) is 5.91 Å². The van der Waals surface area contributed by atoms with Crippen LogP contribution < -0.4 is 16.0 Å². The van der Waals surface area contributed by atoms with E-state index in [9.17, 15) is 18.4 Å². The van der Waals surface area contributed by atoms with E-state index in [1.165, 1.54) is 17.0 Å². The quantitative estimate of drug-likeness (QED) is 0.169. The molecule has 1 aromatic carbocycles. The maximum Gasteiger partial charge on any atom is 0.325 e. The molecule has 1 heterocycles. The predicted octanol–water partition coefficient (Wildman–Crippen LogP) is 2.92. The maximum atomic E-state index is 13.9. The smallest absolute Gasteiger partial charge is 0.325 e. The summed E-state index contributed by atoms with van der Waals surface area (Å²) in [5.41, 5.74) is -0.515. The van der Waals surface area contributed by atoms with Crippen LogP contribution in [0, 0.1) is 11.6 Å². The molecular weight excluding hydrogens is 495 g/mol. The van der Waals surface area contributed by atoms with Gasteiger partial charge in [0.15, 0.2) is 5.96 Å². The number of guanidine groups is 1. The van der Waals surface area contributed by atoms with E-state index in [-0.39, 0.29) is 42.5 Å². The van der Waals surface area contributed by atoms with Crippen molar-refractivity contribution < 1.29 is 18.4 Å². The lowest BCUT2D eigenvalue weighted by Gasteiger charge is -2.20. The van der Waals surface area contributed by atoms with Crippen molar-refractivity contribution in [2.24, 2.45) is 4.99 Å². The molecule has 3 amide bonds. The van der Waals surface area contributed by atoms with Crippen molar-refractivity contribution in [3.05, 3.63) is 35.4 Å². The second-order valence-corrected chi connectivity index (χ2v) is 6.96. The van der Waals surface area contributed by atoms with Gasteiger partial charge in [0.1, 0.15) is 17.2 Å². The minimum Gasteiger partial charge on any atom is -0.356 e. The average Bonchev–Trinajstić information content (AvgIpc) is 2.87. The Morgan fingerprint density at radius 1 is 1.34 bits per heavy atom. The first kappa shape index (κ1) is 25.1. The van der Waals surface area contributed by atoms with Gasteiger partial charge in [-0.05, 0) is 32.8 Å². The minimum atomic E-state index is -0.837. The van der Waals surface area contributed by atoms with Crippen LogP contribution in [0.1, 0.15) is 45.2 Å². The van der Waals surface area contributed by atoms with E-state index in [0.29, 0.717) is 30.9 Å². The van der Waals surface area contributed by atoms with Crippen LogP contribution in [0.5, 0.6) is 0 Å². The first-order chi connectivity index (χ1) is 13.2. The molecule has 162 valence electrons. The van der Waals surface area contributed by atoms with Crippen molar-refractivity contribution in [2.45, 2.75) is 45.2 Å². The van der Waals surface area contributed by atoms with Crippen LogP contribution in [0.3, 0.4) is 0 Å². The summed E-state index contributed by atoms with van der Waals surface area (Å²) in [5.74, 6) is -1.04. The molecule has 0 radical (unpaired) electrons. The Morgan fingerprint density at radius 2 is 2.03 bits per heavy atom. The highest BCUT2D eigenvalue weighted by Gasteiger charge is 2.45. The fourth-order valence-corrected chi connectivity index (χ4v) is 2.96. The Balaban J connectivity index is 0.00000420. The molecule has 2 atom stereocenters. The van der Waals surface area contributed by atoms with Gasteiger partial charge in [-0.1, -0.05) is 13.0 Å². The number of urea groups is 1. The lowest BCUT2D eigenvalue weighted by atomic mass is 9.99. The van der Waals surface area contributed by atoms with Gasteiger partial charge < -0.3 is 16.0 Å². The van der Waals surface area contributed by atoms with Crippen LogP contribution >= 0.6 is 24.0 Å². The molecule has 1 saturated heterocycles. The number of amides is 3. The lowest BCUT2D eigenvalue weighted by molar-refractivity contribution is -0.130. The first-order valence-electron chi connectivity index (χ1n) is 9.28. The summed E-state index contributed by atoms with van der Waals surface area (Å²) in [5, 5.41) is 8.80. The van der Waals surface area contributed by atoms with Crippen molar-refractivity contribution in [1.82, 2.24) is 20.9 Å². The molecule has 29 heavy (non-hydrogen) atoms. The Kier molecular flexibility index (Phi) is 9.24. The molecule has 2 unspecified atom stereocenters. The van der Waals surface area contributed by atoms with Crippen LogP contribution in [-0.4, -0.2) is 48.5 Å². The summed E-state index contributed by atoms with van der Waals surface area (Å²) >= 11 is 0. The summed E-state index contributed by atoms with van der Waals surface area (Å²) in [4.78, 5) is 29.6. The van der Waals surface area contributed by atoms with Crippen molar-refractivity contribution in [1.29, 1.82) is 0 Å². The van der Waals surface area contributed by atoms with Gasteiger partial charge in [-0.3, -0.25) is 14.7 Å². The molecule has 7 nitrogen and oxygen atoms in total. The normalized spacial score (nSPS) is 20.2. The average molecular weight is 523 g/mol. The third kappa shape index (κ3) is 6.00. The summed E-state index contributed by atoms with van der Waals surface area (Å²) in [7, 11) is 1.58. The van der Waals surface area contributed by atoms with Gasteiger partial charge >= 0.3 is 6.03 Å². The number of hydrogen-bond donors (Lipinski definition) is 3. The Hall–Kier alpha value is -1.98. The van der Waals surface area contributed by atoms with Crippen molar-refractivity contribution in [2.75, 3.05) is 20.1 Å². The van der Waals surface area contributed by atoms with E-state index in [0.717, 1.165) is 6.07 Å². The number of hydrogen-bond acceptors (Lipinski definition) is 3. The molecule has 3 N–H and O–H groups in total. The summed E-state index contributed by atoms with van der Waals surface area (Å²) in [6.45, 7) is 6.05. The van der Waals surface area contributed by atoms with Gasteiger partial charge in [0.2, 0.25) is 0 Å². The van der Waals surface area contributed by atoms with E-state index in [2.05, 4.69) is 20.9 Å². The molecule has 0 bridgehead atoms. The zero-order valence-corrected chi connectivity index (χ0v) is 19.3. The summed E-state index contributed by atoms with van der Waals surface area (Å²) < 4.78 is 26.9. The zero-order chi connectivity index (χ0) is 20.9. The highest BCUT2D eigenvalue weighted by molar-refractivity contribution is 14.0. The number of rotatable bonds is 7. The molecule has 0 saturated carbocycles. The SMILES string of the molecule is CCC1(C)NC(=O)N(CCCNC(=NC)NC(C)c2ccc(F)cc2F)C1=O.I. The third-order valence-electron chi connectivity index (χ3n) is 4.91. The second kappa shape index (κ2) is 10.7. The van der Waals surface area contributed by atoms with E-state index < -0.39 is 23.2 Å². The highest BCUT2D eigenvalue weighted by atomic mass is 127. The number of imide groups is 1. The first-order valence-corrected chi connectivity index (χ1v) is 9.28. The van der Waals surface area contributed by atoms with Gasteiger partial charge in [0, 0.05) is 31.8 Å². The standard InChI is InChI=1S/C19H27F2N5O2.HI/c1-5-19(3)16(27)26(18(28)25-19)10-6-9-23-17(22-4)24-12(2)14-8-7-13(20)11-15(14)21;/h7-8,11-12H,5-6,9-10H2,1-4H3,(H,25,28)(H2,22,23,24);1H. The predicted molar refractivity (Wildman–Crippen MR) is 118 cm³/mol. The number of nitrogens with one attached hydrogen (secondary N) is 3. The minimum absolute atomic E-state index is 0.